The summed E-state index contributed by atoms with van der Waals surface area (Å²) >= 11 is 0. The van der Waals surface area contributed by atoms with Crippen LogP contribution in [0.15, 0.2) is 0 Å². The van der Waals surface area contributed by atoms with Gasteiger partial charge in [0.25, 0.3) is 0 Å². The van der Waals surface area contributed by atoms with Gasteiger partial charge in [0.2, 0.25) is 10.0 Å². The van der Waals surface area contributed by atoms with E-state index in [1.165, 1.54) is 19.1 Å². The zero-order valence-corrected chi connectivity index (χ0v) is 12.6. The van der Waals surface area contributed by atoms with E-state index in [0.29, 0.717) is 25.6 Å². The standard InChI is InChI=1S/C13H26N2O3S/c1-19(16,17)15-8-4-5-11(9-15)10-18-13-7-3-2-6-12(13)14/h11-13H,2-10,14H2,1H3. The number of hydrogen-bond donors (Lipinski definition) is 1. The van der Waals surface area contributed by atoms with Crippen molar-refractivity contribution in [3.63, 3.8) is 0 Å². The molecule has 2 N–H and O–H groups in total. The highest BCUT2D eigenvalue weighted by molar-refractivity contribution is 7.88. The summed E-state index contributed by atoms with van der Waals surface area (Å²) in [6, 6.07) is 0.156. The van der Waals surface area contributed by atoms with Gasteiger partial charge in [0.15, 0.2) is 0 Å². The van der Waals surface area contributed by atoms with Gasteiger partial charge in [-0.1, -0.05) is 12.8 Å². The zero-order chi connectivity index (χ0) is 13.9. The van der Waals surface area contributed by atoms with Gasteiger partial charge in [-0.25, -0.2) is 12.7 Å². The molecule has 1 saturated heterocycles. The Labute approximate surface area is 116 Å². The smallest absolute Gasteiger partial charge is 0.211 e. The van der Waals surface area contributed by atoms with Crippen molar-refractivity contribution in [1.29, 1.82) is 0 Å². The maximum absolute atomic E-state index is 11.6. The average molecular weight is 290 g/mol. The summed E-state index contributed by atoms with van der Waals surface area (Å²) in [5.74, 6) is 0.317. The van der Waals surface area contributed by atoms with Crippen molar-refractivity contribution < 1.29 is 13.2 Å². The molecule has 1 aliphatic carbocycles. The molecule has 6 heteroatoms. The summed E-state index contributed by atoms with van der Waals surface area (Å²) < 4.78 is 30.6. The van der Waals surface area contributed by atoms with Crippen LogP contribution in [0.4, 0.5) is 0 Å². The zero-order valence-electron chi connectivity index (χ0n) is 11.8. The minimum Gasteiger partial charge on any atom is -0.376 e. The van der Waals surface area contributed by atoms with E-state index in [1.807, 2.05) is 0 Å². The van der Waals surface area contributed by atoms with E-state index in [1.54, 1.807) is 4.31 Å². The molecule has 3 unspecified atom stereocenters. The second kappa shape index (κ2) is 6.52. The maximum Gasteiger partial charge on any atom is 0.211 e. The molecule has 2 rings (SSSR count). The Morgan fingerprint density at radius 1 is 1.21 bits per heavy atom. The van der Waals surface area contributed by atoms with Crippen LogP contribution in [-0.2, 0) is 14.8 Å². The van der Waals surface area contributed by atoms with Crippen molar-refractivity contribution >= 4 is 10.0 Å². The molecule has 0 amide bonds. The molecule has 0 aromatic rings. The van der Waals surface area contributed by atoms with E-state index in [9.17, 15) is 8.42 Å². The summed E-state index contributed by atoms with van der Waals surface area (Å²) in [5, 5.41) is 0. The molecule has 1 saturated carbocycles. The first-order valence-corrected chi connectivity index (χ1v) is 9.14. The number of piperidine rings is 1. The number of nitrogens with zero attached hydrogens (tertiary/aromatic N) is 1. The lowest BCUT2D eigenvalue weighted by Crippen LogP contribution is -2.43. The van der Waals surface area contributed by atoms with Gasteiger partial charge in [0, 0.05) is 19.1 Å². The largest absolute Gasteiger partial charge is 0.376 e. The molecule has 2 aliphatic rings. The number of nitrogens with two attached hydrogens (primary N) is 1. The Morgan fingerprint density at radius 3 is 2.63 bits per heavy atom. The van der Waals surface area contributed by atoms with Crippen LogP contribution in [0.3, 0.4) is 0 Å². The third kappa shape index (κ3) is 4.41. The first kappa shape index (κ1) is 15.2. The third-order valence-corrected chi connectivity index (χ3v) is 5.52. The van der Waals surface area contributed by atoms with E-state index >= 15 is 0 Å². The van der Waals surface area contributed by atoms with Gasteiger partial charge in [-0.05, 0) is 31.6 Å². The predicted octanol–water partition coefficient (Wildman–Crippen LogP) is 0.945. The van der Waals surface area contributed by atoms with Crippen LogP contribution >= 0.6 is 0 Å². The molecule has 5 nitrogen and oxygen atoms in total. The third-order valence-electron chi connectivity index (χ3n) is 4.25. The van der Waals surface area contributed by atoms with Crippen LogP contribution in [0.25, 0.3) is 0 Å². The molecule has 1 heterocycles. The molecule has 3 atom stereocenters. The first-order chi connectivity index (χ1) is 8.97. The Hall–Kier alpha value is -0.170. The van der Waals surface area contributed by atoms with E-state index in [2.05, 4.69) is 0 Å². The highest BCUT2D eigenvalue weighted by Crippen LogP contribution is 2.23. The first-order valence-electron chi connectivity index (χ1n) is 7.29. The van der Waals surface area contributed by atoms with Crippen LogP contribution < -0.4 is 5.73 Å². The molecular weight excluding hydrogens is 264 g/mol. The van der Waals surface area contributed by atoms with Gasteiger partial charge in [-0.2, -0.15) is 0 Å². The fraction of sp³-hybridized carbons (Fsp3) is 1.00. The van der Waals surface area contributed by atoms with Gasteiger partial charge in [0.05, 0.1) is 19.0 Å². The van der Waals surface area contributed by atoms with Crippen LogP contribution in [0.5, 0.6) is 0 Å². The normalized spacial score (nSPS) is 34.3. The Bertz CT molecular complexity index is 385. The van der Waals surface area contributed by atoms with Crippen LogP contribution in [0, 0.1) is 5.92 Å². The Kier molecular flexibility index (Phi) is 5.22. The Balaban J connectivity index is 1.79. The number of rotatable bonds is 4. The number of hydrogen-bond acceptors (Lipinski definition) is 4. The number of ether oxygens (including phenoxy) is 1. The van der Waals surface area contributed by atoms with Gasteiger partial charge < -0.3 is 10.5 Å². The fourth-order valence-electron chi connectivity index (χ4n) is 3.06. The van der Waals surface area contributed by atoms with E-state index in [0.717, 1.165) is 25.7 Å². The van der Waals surface area contributed by atoms with Crippen molar-refractivity contribution in [3.05, 3.63) is 0 Å². The summed E-state index contributed by atoms with van der Waals surface area (Å²) in [6.07, 6.45) is 7.92. The number of sulfonamides is 1. The molecule has 19 heavy (non-hydrogen) atoms. The summed E-state index contributed by atoms with van der Waals surface area (Å²) in [5.41, 5.74) is 6.06. The predicted molar refractivity (Wildman–Crippen MR) is 75.3 cm³/mol. The molecule has 0 radical (unpaired) electrons. The van der Waals surface area contributed by atoms with Crippen LogP contribution in [0.1, 0.15) is 38.5 Å². The lowest BCUT2D eigenvalue weighted by Gasteiger charge is -2.34. The second-order valence-corrected chi connectivity index (χ2v) is 7.93. The van der Waals surface area contributed by atoms with Crippen molar-refractivity contribution in [3.8, 4) is 0 Å². The van der Waals surface area contributed by atoms with Crippen LogP contribution in [0.2, 0.25) is 0 Å². The molecule has 112 valence electrons. The molecule has 0 spiro atoms. The van der Waals surface area contributed by atoms with Crippen molar-refractivity contribution in [1.82, 2.24) is 4.31 Å². The van der Waals surface area contributed by atoms with E-state index < -0.39 is 10.0 Å². The monoisotopic (exact) mass is 290 g/mol. The molecule has 0 aromatic carbocycles. The molecule has 2 fully saturated rings. The van der Waals surface area contributed by atoms with Gasteiger partial charge in [0.1, 0.15) is 0 Å². The molecule has 0 aromatic heterocycles. The maximum atomic E-state index is 11.6. The second-order valence-electron chi connectivity index (χ2n) is 5.95. The Morgan fingerprint density at radius 2 is 1.95 bits per heavy atom. The van der Waals surface area contributed by atoms with Crippen LogP contribution in [-0.4, -0.2) is 50.8 Å². The van der Waals surface area contributed by atoms with Crippen molar-refractivity contribution in [2.24, 2.45) is 11.7 Å². The highest BCUT2D eigenvalue weighted by atomic mass is 32.2. The topological polar surface area (TPSA) is 72.6 Å². The van der Waals surface area contributed by atoms with E-state index in [4.69, 9.17) is 10.5 Å². The van der Waals surface area contributed by atoms with Gasteiger partial charge in [-0.15, -0.1) is 0 Å². The lowest BCUT2D eigenvalue weighted by molar-refractivity contribution is -0.0119. The highest BCUT2D eigenvalue weighted by Gasteiger charge is 2.28. The van der Waals surface area contributed by atoms with Gasteiger partial charge in [-0.3, -0.25) is 0 Å². The molecule has 1 aliphatic heterocycles. The molecular formula is C13H26N2O3S. The average Bonchev–Trinajstić information content (AvgIpc) is 2.37. The lowest BCUT2D eigenvalue weighted by atomic mass is 9.93. The van der Waals surface area contributed by atoms with Gasteiger partial charge >= 0.3 is 0 Å². The fourth-order valence-corrected chi connectivity index (χ4v) is 4.00. The minimum absolute atomic E-state index is 0.156. The quantitative estimate of drug-likeness (QED) is 0.836. The van der Waals surface area contributed by atoms with Crippen molar-refractivity contribution in [2.45, 2.75) is 50.7 Å². The summed E-state index contributed by atoms with van der Waals surface area (Å²) in [7, 11) is -3.06. The molecule has 0 bridgehead atoms. The summed E-state index contributed by atoms with van der Waals surface area (Å²) in [6.45, 7) is 1.89. The minimum atomic E-state index is -3.06. The SMILES string of the molecule is CS(=O)(=O)N1CCCC(COC2CCCCC2N)C1. The summed E-state index contributed by atoms with van der Waals surface area (Å²) in [4.78, 5) is 0. The van der Waals surface area contributed by atoms with Crippen molar-refractivity contribution in [2.75, 3.05) is 26.0 Å². The van der Waals surface area contributed by atoms with E-state index in [-0.39, 0.29) is 12.1 Å².